The number of rotatable bonds is 2. The Morgan fingerprint density at radius 2 is 1.73 bits per heavy atom. The number of hydrogen-bond acceptors (Lipinski definition) is 6. The summed E-state index contributed by atoms with van der Waals surface area (Å²) >= 11 is 0. The predicted molar refractivity (Wildman–Crippen MR) is 45.7 cm³/mol. The van der Waals surface area contributed by atoms with Crippen LogP contribution in [0, 0.1) is 0 Å². The number of esters is 2. The molecule has 2 aliphatic heterocycles. The quantitative estimate of drug-likeness (QED) is 0.585. The first kappa shape index (κ1) is 10.4. The van der Waals surface area contributed by atoms with Crippen LogP contribution in [0.1, 0.15) is 13.8 Å². The van der Waals surface area contributed by atoms with Gasteiger partial charge in [0.2, 0.25) is 0 Å². The van der Waals surface area contributed by atoms with Crippen LogP contribution in [0.15, 0.2) is 0 Å². The molecule has 0 unspecified atom stereocenters. The van der Waals surface area contributed by atoms with Gasteiger partial charge in [-0.3, -0.25) is 9.59 Å². The number of carbonyl (C=O) groups excluding carboxylic acids is 2. The summed E-state index contributed by atoms with van der Waals surface area (Å²) in [7, 11) is 0. The molecule has 0 aromatic rings. The molecule has 0 radical (unpaired) electrons. The van der Waals surface area contributed by atoms with E-state index < -0.39 is 30.4 Å². The highest BCUT2D eigenvalue weighted by molar-refractivity contribution is 5.67. The lowest BCUT2D eigenvalue weighted by atomic mass is 10.1. The zero-order chi connectivity index (χ0) is 11.0. The molecule has 2 saturated heterocycles. The summed E-state index contributed by atoms with van der Waals surface area (Å²) in [5.41, 5.74) is 0. The van der Waals surface area contributed by atoms with Crippen LogP contribution >= 0.6 is 0 Å². The molecule has 0 N–H and O–H groups in total. The van der Waals surface area contributed by atoms with E-state index >= 15 is 0 Å². The van der Waals surface area contributed by atoms with Crippen molar-refractivity contribution in [2.24, 2.45) is 0 Å². The first-order valence-electron chi connectivity index (χ1n) is 4.69. The van der Waals surface area contributed by atoms with Crippen molar-refractivity contribution in [1.82, 2.24) is 0 Å². The summed E-state index contributed by atoms with van der Waals surface area (Å²) in [5, 5.41) is 0. The van der Waals surface area contributed by atoms with Gasteiger partial charge in [0, 0.05) is 13.8 Å². The monoisotopic (exact) mass is 216 g/mol. The van der Waals surface area contributed by atoms with Crippen LogP contribution in [0.5, 0.6) is 0 Å². The standard InChI is InChI=1S/C9H12O6/c1-4(10)13-7-6-3-12-9(15-6)8(7)14-5(2)11/h6-9H,3H2,1-2H3/t6-,7-,8+,9-/m1/s1. The van der Waals surface area contributed by atoms with E-state index in [0.717, 1.165) is 0 Å². The van der Waals surface area contributed by atoms with Gasteiger partial charge in [-0.1, -0.05) is 0 Å². The Hall–Kier alpha value is -1.14. The Kier molecular flexibility index (Phi) is 2.62. The van der Waals surface area contributed by atoms with Crippen molar-refractivity contribution < 1.29 is 28.5 Å². The molecule has 84 valence electrons. The molecule has 0 spiro atoms. The van der Waals surface area contributed by atoms with Gasteiger partial charge in [0.25, 0.3) is 0 Å². The molecule has 6 nitrogen and oxygen atoms in total. The third-order valence-corrected chi connectivity index (χ3v) is 2.30. The Morgan fingerprint density at radius 3 is 2.33 bits per heavy atom. The largest absolute Gasteiger partial charge is 0.455 e. The summed E-state index contributed by atoms with van der Waals surface area (Å²) in [6, 6.07) is 0. The third kappa shape index (κ3) is 1.95. The van der Waals surface area contributed by atoms with E-state index in [1.807, 2.05) is 0 Å². The summed E-state index contributed by atoms with van der Waals surface area (Å²) in [5.74, 6) is -0.870. The molecule has 0 aromatic heterocycles. The van der Waals surface area contributed by atoms with E-state index in [1.54, 1.807) is 0 Å². The maximum absolute atomic E-state index is 10.8. The van der Waals surface area contributed by atoms with Gasteiger partial charge < -0.3 is 18.9 Å². The lowest BCUT2D eigenvalue weighted by Gasteiger charge is -2.26. The van der Waals surface area contributed by atoms with Crippen molar-refractivity contribution in [3.8, 4) is 0 Å². The van der Waals surface area contributed by atoms with Gasteiger partial charge in [-0.2, -0.15) is 0 Å². The first-order valence-corrected chi connectivity index (χ1v) is 4.69. The van der Waals surface area contributed by atoms with Gasteiger partial charge in [-0.15, -0.1) is 0 Å². The second kappa shape index (κ2) is 3.79. The van der Waals surface area contributed by atoms with Gasteiger partial charge in [-0.25, -0.2) is 0 Å². The fraction of sp³-hybridized carbons (Fsp3) is 0.778. The SMILES string of the molecule is CC(=O)O[C@@H]1[C@@H]2OC[C@@H](O2)[C@H]1OC(C)=O. The topological polar surface area (TPSA) is 71.1 Å². The molecular formula is C9H12O6. The maximum atomic E-state index is 10.8. The van der Waals surface area contributed by atoms with Crippen molar-refractivity contribution in [3.05, 3.63) is 0 Å². The van der Waals surface area contributed by atoms with Gasteiger partial charge >= 0.3 is 11.9 Å². The molecular weight excluding hydrogens is 204 g/mol. The molecule has 2 aliphatic rings. The van der Waals surface area contributed by atoms with Crippen LogP contribution in [0.4, 0.5) is 0 Å². The van der Waals surface area contributed by atoms with Crippen molar-refractivity contribution >= 4 is 11.9 Å². The van der Waals surface area contributed by atoms with Crippen LogP contribution in [-0.4, -0.2) is 43.1 Å². The van der Waals surface area contributed by atoms with Gasteiger partial charge in [-0.05, 0) is 0 Å². The molecule has 0 aliphatic carbocycles. The third-order valence-electron chi connectivity index (χ3n) is 2.30. The second-order valence-corrected chi connectivity index (χ2v) is 3.52. The normalized spacial score (nSPS) is 37.7. The van der Waals surface area contributed by atoms with Crippen LogP contribution in [0.3, 0.4) is 0 Å². The fourth-order valence-corrected chi connectivity index (χ4v) is 1.80. The Labute approximate surface area is 86.4 Å². The van der Waals surface area contributed by atoms with E-state index in [9.17, 15) is 9.59 Å². The highest BCUT2D eigenvalue weighted by Gasteiger charge is 2.54. The molecule has 15 heavy (non-hydrogen) atoms. The molecule has 2 rings (SSSR count). The number of ether oxygens (including phenoxy) is 4. The molecule has 2 bridgehead atoms. The Balaban J connectivity index is 2.05. The molecule has 2 fully saturated rings. The lowest BCUT2D eigenvalue weighted by molar-refractivity contribution is -0.181. The van der Waals surface area contributed by atoms with Crippen molar-refractivity contribution in [2.75, 3.05) is 6.61 Å². The summed E-state index contributed by atoms with van der Waals surface area (Å²) in [4.78, 5) is 21.7. The zero-order valence-corrected chi connectivity index (χ0v) is 8.47. The molecule has 2 heterocycles. The minimum absolute atomic E-state index is 0.330. The van der Waals surface area contributed by atoms with E-state index in [1.165, 1.54) is 13.8 Å². The van der Waals surface area contributed by atoms with Crippen LogP contribution in [0.25, 0.3) is 0 Å². The summed E-state index contributed by atoms with van der Waals surface area (Å²) < 4.78 is 20.5. The smallest absolute Gasteiger partial charge is 0.303 e. The molecule has 6 heteroatoms. The lowest BCUT2D eigenvalue weighted by Crippen LogP contribution is -2.45. The Morgan fingerprint density at radius 1 is 1.13 bits per heavy atom. The van der Waals surface area contributed by atoms with Crippen LogP contribution in [-0.2, 0) is 28.5 Å². The molecule has 0 amide bonds. The van der Waals surface area contributed by atoms with Gasteiger partial charge in [0.15, 0.2) is 18.5 Å². The second-order valence-electron chi connectivity index (χ2n) is 3.52. The highest BCUT2D eigenvalue weighted by Crippen LogP contribution is 2.33. The summed E-state index contributed by atoms with van der Waals surface area (Å²) in [6.07, 6.45) is -2.14. The zero-order valence-electron chi connectivity index (χ0n) is 8.47. The van der Waals surface area contributed by atoms with Crippen molar-refractivity contribution in [3.63, 3.8) is 0 Å². The maximum Gasteiger partial charge on any atom is 0.303 e. The predicted octanol–water partition coefficient (Wildman–Crippen LogP) is -0.395. The minimum Gasteiger partial charge on any atom is -0.455 e. The van der Waals surface area contributed by atoms with E-state index in [4.69, 9.17) is 18.9 Å². The van der Waals surface area contributed by atoms with E-state index in [0.29, 0.717) is 6.61 Å². The number of fused-ring (bicyclic) bond motifs is 2. The fourth-order valence-electron chi connectivity index (χ4n) is 1.80. The first-order chi connectivity index (χ1) is 7.08. The highest BCUT2D eigenvalue weighted by atomic mass is 16.8. The minimum atomic E-state index is -0.648. The average Bonchev–Trinajstić information content (AvgIpc) is 2.67. The van der Waals surface area contributed by atoms with E-state index in [-0.39, 0.29) is 6.10 Å². The Bertz CT molecular complexity index is 260. The van der Waals surface area contributed by atoms with Crippen molar-refractivity contribution in [1.29, 1.82) is 0 Å². The van der Waals surface area contributed by atoms with Crippen molar-refractivity contribution in [2.45, 2.75) is 38.4 Å². The summed E-state index contributed by atoms with van der Waals surface area (Å²) in [6.45, 7) is 2.95. The molecule has 0 saturated carbocycles. The molecule has 0 aromatic carbocycles. The van der Waals surface area contributed by atoms with Gasteiger partial charge in [0.1, 0.15) is 6.10 Å². The molecule has 4 atom stereocenters. The van der Waals surface area contributed by atoms with Crippen LogP contribution in [0.2, 0.25) is 0 Å². The van der Waals surface area contributed by atoms with Gasteiger partial charge in [0.05, 0.1) is 6.61 Å². The van der Waals surface area contributed by atoms with E-state index in [2.05, 4.69) is 0 Å². The average molecular weight is 216 g/mol. The number of hydrogen-bond donors (Lipinski definition) is 0. The number of carbonyl (C=O) groups is 2. The van der Waals surface area contributed by atoms with Crippen LogP contribution < -0.4 is 0 Å².